The van der Waals surface area contributed by atoms with Gasteiger partial charge in [-0.2, -0.15) is 0 Å². The van der Waals surface area contributed by atoms with Gasteiger partial charge < -0.3 is 16.0 Å². The van der Waals surface area contributed by atoms with Gasteiger partial charge in [-0.05, 0) is 45.0 Å². The van der Waals surface area contributed by atoms with Gasteiger partial charge in [-0.1, -0.05) is 12.1 Å². The summed E-state index contributed by atoms with van der Waals surface area (Å²) in [4.78, 5) is 27.7. The molecule has 126 valence electrons. The lowest BCUT2D eigenvalue weighted by molar-refractivity contribution is 0.0811. The van der Waals surface area contributed by atoms with E-state index in [0.717, 1.165) is 18.7 Å². The lowest BCUT2D eigenvalue weighted by Gasteiger charge is -2.42. The molecule has 2 unspecified atom stereocenters. The zero-order valence-corrected chi connectivity index (χ0v) is 14.1. The van der Waals surface area contributed by atoms with Crippen molar-refractivity contribution in [2.45, 2.75) is 32.4 Å². The number of amides is 3. The summed E-state index contributed by atoms with van der Waals surface area (Å²) in [5.74, 6) is -0.434. The van der Waals surface area contributed by atoms with E-state index in [2.05, 4.69) is 31.1 Å². The number of carbonyl (C=O) groups excluding carboxylic acids is 2. The number of primary amides is 1. The highest BCUT2D eigenvalue weighted by atomic mass is 16.2. The van der Waals surface area contributed by atoms with E-state index < -0.39 is 5.91 Å². The molecule has 2 rings (SSSR count). The second kappa shape index (κ2) is 7.46. The highest BCUT2D eigenvalue weighted by Crippen LogP contribution is 2.13. The maximum Gasteiger partial charge on any atom is 0.317 e. The first kappa shape index (κ1) is 17.3. The summed E-state index contributed by atoms with van der Waals surface area (Å²) in [6.07, 6.45) is 0.671. The Bertz CT molecular complexity index is 575. The molecule has 1 fully saturated rings. The summed E-state index contributed by atoms with van der Waals surface area (Å²) >= 11 is 0. The van der Waals surface area contributed by atoms with E-state index in [9.17, 15) is 9.59 Å². The molecule has 23 heavy (non-hydrogen) atoms. The molecule has 0 radical (unpaired) electrons. The van der Waals surface area contributed by atoms with Gasteiger partial charge in [0.15, 0.2) is 0 Å². The van der Waals surface area contributed by atoms with Gasteiger partial charge in [-0.25, -0.2) is 4.79 Å². The van der Waals surface area contributed by atoms with Crippen LogP contribution >= 0.6 is 0 Å². The normalized spacial score (nSPS) is 22.0. The van der Waals surface area contributed by atoms with E-state index in [1.807, 2.05) is 17.0 Å². The third-order valence-corrected chi connectivity index (χ3v) is 4.46. The molecule has 1 aromatic rings. The fourth-order valence-electron chi connectivity index (χ4n) is 2.88. The monoisotopic (exact) mass is 318 g/mol. The van der Waals surface area contributed by atoms with Crippen molar-refractivity contribution in [1.82, 2.24) is 15.1 Å². The number of likely N-dealkylation sites (N-methyl/N-ethyl adjacent to an activating group) is 1. The molecule has 1 saturated heterocycles. The molecule has 0 aliphatic carbocycles. The van der Waals surface area contributed by atoms with Crippen LogP contribution in [0.5, 0.6) is 0 Å². The first-order chi connectivity index (χ1) is 10.9. The summed E-state index contributed by atoms with van der Waals surface area (Å²) in [6.45, 7) is 6.35. The fourth-order valence-corrected chi connectivity index (χ4v) is 2.88. The van der Waals surface area contributed by atoms with E-state index in [0.29, 0.717) is 24.6 Å². The van der Waals surface area contributed by atoms with Gasteiger partial charge >= 0.3 is 6.03 Å². The van der Waals surface area contributed by atoms with Crippen LogP contribution in [0.25, 0.3) is 0 Å². The Morgan fingerprint density at radius 1 is 1.26 bits per heavy atom. The molecule has 3 amide bonds. The number of hydrogen-bond acceptors (Lipinski definition) is 3. The van der Waals surface area contributed by atoms with Crippen LogP contribution in [0.15, 0.2) is 24.3 Å². The van der Waals surface area contributed by atoms with Crippen LogP contribution in [0.4, 0.5) is 4.79 Å². The second-order valence-electron chi connectivity index (χ2n) is 6.34. The predicted molar refractivity (Wildman–Crippen MR) is 90.3 cm³/mol. The number of nitrogens with zero attached hydrogens (tertiary/aromatic N) is 2. The number of benzene rings is 1. The molecule has 1 heterocycles. The molecule has 1 aliphatic rings. The third kappa shape index (κ3) is 4.45. The first-order valence-corrected chi connectivity index (χ1v) is 8.02. The fraction of sp³-hybridized carbons (Fsp3) is 0.529. The van der Waals surface area contributed by atoms with Crippen molar-refractivity contribution in [1.29, 1.82) is 0 Å². The number of rotatable bonds is 4. The summed E-state index contributed by atoms with van der Waals surface area (Å²) in [7, 11) is 2.09. The number of carbonyl (C=O) groups is 2. The van der Waals surface area contributed by atoms with E-state index in [4.69, 9.17) is 5.73 Å². The lowest BCUT2D eigenvalue weighted by atomic mass is 10.1. The first-order valence-electron chi connectivity index (χ1n) is 8.02. The molecule has 0 spiro atoms. The van der Waals surface area contributed by atoms with Crippen molar-refractivity contribution in [2.24, 2.45) is 5.73 Å². The van der Waals surface area contributed by atoms with Gasteiger partial charge in [-0.3, -0.25) is 9.69 Å². The molecule has 1 aromatic carbocycles. The predicted octanol–water partition coefficient (Wildman–Crippen LogP) is 1.06. The molecule has 1 aliphatic heterocycles. The molecule has 0 saturated carbocycles. The Balaban J connectivity index is 1.85. The van der Waals surface area contributed by atoms with Crippen molar-refractivity contribution in [3.8, 4) is 0 Å². The van der Waals surface area contributed by atoms with Gasteiger partial charge in [0.05, 0.1) is 0 Å². The summed E-state index contributed by atoms with van der Waals surface area (Å²) < 4.78 is 0. The van der Waals surface area contributed by atoms with Crippen LogP contribution in [0.1, 0.15) is 29.8 Å². The average molecular weight is 318 g/mol. The quantitative estimate of drug-likeness (QED) is 0.871. The van der Waals surface area contributed by atoms with Crippen molar-refractivity contribution in [3.05, 3.63) is 35.4 Å². The molecular weight excluding hydrogens is 292 g/mol. The zero-order valence-electron chi connectivity index (χ0n) is 14.1. The van der Waals surface area contributed by atoms with E-state index >= 15 is 0 Å². The summed E-state index contributed by atoms with van der Waals surface area (Å²) in [5.41, 5.74) is 6.76. The van der Waals surface area contributed by atoms with E-state index in [-0.39, 0.29) is 12.1 Å². The van der Waals surface area contributed by atoms with Crippen LogP contribution in [0, 0.1) is 0 Å². The van der Waals surface area contributed by atoms with Crippen LogP contribution in [-0.4, -0.2) is 60.5 Å². The maximum absolute atomic E-state index is 12.3. The Morgan fingerprint density at radius 3 is 2.70 bits per heavy atom. The van der Waals surface area contributed by atoms with Gasteiger partial charge in [0, 0.05) is 37.3 Å². The minimum Gasteiger partial charge on any atom is -0.366 e. The lowest BCUT2D eigenvalue weighted by Crippen LogP contribution is -2.59. The number of hydrogen-bond donors (Lipinski definition) is 2. The van der Waals surface area contributed by atoms with Crippen LogP contribution in [-0.2, 0) is 6.42 Å². The van der Waals surface area contributed by atoms with Crippen molar-refractivity contribution < 1.29 is 9.59 Å². The number of nitrogens with one attached hydrogen (secondary N) is 1. The number of urea groups is 1. The Labute approximate surface area is 137 Å². The minimum atomic E-state index is -0.434. The zero-order chi connectivity index (χ0) is 17.0. The molecule has 0 aromatic heterocycles. The summed E-state index contributed by atoms with van der Waals surface area (Å²) in [6, 6.07) is 7.75. The standard InChI is InChI=1S/C17H26N4O2/c1-12-11-21(13(2)10-20(12)3)17(23)19-8-7-14-5-4-6-15(9-14)16(18)22/h4-6,9,12-13H,7-8,10-11H2,1-3H3,(H2,18,22)(H,19,23). The number of nitrogens with two attached hydrogens (primary N) is 1. The third-order valence-electron chi connectivity index (χ3n) is 4.46. The average Bonchev–Trinajstić information content (AvgIpc) is 2.51. The largest absolute Gasteiger partial charge is 0.366 e. The molecule has 6 heteroatoms. The summed E-state index contributed by atoms with van der Waals surface area (Å²) in [5, 5.41) is 2.97. The number of piperazine rings is 1. The van der Waals surface area contributed by atoms with Crippen LogP contribution in [0.2, 0.25) is 0 Å². The van der Waals surface area contributed by atoms with Gasteiger partial charge in [0.25, 0.3) is 0 Å². The SMILES string of the molecule is CC1CN(C(=O)NCCc2cccc(C(N)=O)c2)C(C)CN1C. The van der Waals surface area contributed by atoms with Gasteiger partial charge in [0.1, 0.15) is 0 Å². The van der Waals surface area contributed by atoms with Crippen molar-refractivity contribution in [2.75, 3.05) is 26.7 Å². The smallest absolute Gasteiger partial charge is 0.317 e. The van der Waals surface area contributed by atoms with E-state index in [1.165, 1.54) is 0 Å². The molecule has 0 bridgehead atoms. The Hall–Kier alpha value is -2.08. The van der Waals surface area contributed by atoms with Crippen LogP contribution in [0.3, 0.4) is 0 Å². The van der Waals surface area contributed by atoms with E-state index in [1.54, 1.807) is 12.1 Å². The molecule has 2 atom stereocenters. The molecule has 6 nitrogen and oxygen atoms in total. The van der Waals surface area contributed by atoms with Gasteiger partial charge in [0.2, 0.25) is 5.91 Å². The van der Waals surface area contributed by atoms with Crippen LogP contribution < -0.4 is 11.1 Å². The highest BCUT2D eigenvalue weighted by molar-refractivity contribution is 5.92. The van der Waals surface area contributed by atoms with Crippen molar-refractivity contribution >= 4 is 11.9 Å². The van der Waals surface area contributed by atoms with Crippen molar-refractivity contribution in [3.63, 3.8) is 0 Å². The van der Waals surface area contributed by atoms with Gasteiger partial charge in [-0.15, -0.1) is 0 Å². The Morgan fingerprint density at radius 2 is 2.00 bits per heavy atom. The highest BCUT2D eigenvalue weighted by Gasteiger charge is 2.29. The Kier molecular flexibility index (Phi) is 5.60. The molecular formula is C17H26N4O2. The second-order valence-corrected chi connectivity index (χ2v) is 6.34. The maximum atomic E-state index is 12.3. The minimum absolute atomic E-state index is 0.0245. The molecule has 3 N–H and O–H groups in total. The topological polar surface area (TPSA) is 78.7 Å².